The molecule has 0 spiro atoms. The highest BCUT2D eigenvalue weighted by Crippen LogP contribution is 2.39. The lowest BCUT2D eigenvalue weighted by Gasteiger charge is -2.13. The number of carbonyl (C=O) groups is 1. The van der Waals surface area contributed by atoms with Gasteiger partial charge in [-0.05, 0) is 37.1 Å². The minimum absolute atomic E-state index is 0.00288. The molecule has 32 heavy (non-hydrogen) atoms. The van der Waals surface area contributed by atoms with Crippen LogP contribution in [0.1, 0.15) is 25.0 Å². The maximum absolute atomic E-state index is 12.8. The van der Waals surface area contributed by atoms with E-state index in [1.165, 1.54) is 13.0 Å². The molecule has 172 valence electrons. The number of rotatable bonds is 9. The molecular weight excluding hydrogens is 422 g/mol. The quantitative estimate of drug-likeness (QED) is 0.403. The number of carbonyl (C=O) groups excluding carboxylic acids is 1. The zero-order valence-corrected chi connectivity index (χ0v) is 17.9. The van der Waals surface area contributed by atoms with Gasteiger partial charge < -0.3 is 30.2 Å². The smallest absolute Gasteiger partial charge is 0.387 e. The molecule has 1 aliphatic rings. The first-order chi connectivity index (χ1) is 15.4. The highest BCUT2D eigenvalue weighted by Gasteiger charge is 2.20. The Balaban J connectivity index is 1.62. The molecule has 10 heteroatoms. The van der Waals surface area contributed by atoms with Crippen molar-refractivity contribution in [2.24, 2.45) is 4.99 Å². The Bertz CT molecular complexity index is 952. The summed E-state index contributed by atoms with van der Waals surface area (Å²) in [6, 6.07) is 10.6. The van der Waals surface area contributed by atoms with Gasteiger partial charge >= 0.3 is 6.61 Å². The molecule has 0 saturated heterocycles. The standard InChI is InChI=1S/C22H26F2N4O4/c1-3-25-22(26-9-8-15-4-6-17(7-5-15)28-14(2)29)27-12-16-10-19-20(31-13-30-19)11-18(16)32-21(23)24/h4-7,10-11,21H,3,8-9,12-13H2,1-2H3,(H,28,29)(H2,25,26,27). The molecule has 1 heterocycles. The first kappa shape index (κ1) is 23.1. The summed E-state index contributed by atoms with van der Waals surface area (Å²) in [5.41, 5.74) is 2.29. The van der Waals surface area contributed by atoms with E-state index in [1.54, 1.807) is 6.07 Å². The Morgan fingerprint density at radius 1 is 1.16 bits per heavy atom. The third kappa shape index (κ3) is 6.73. The van der Waals surface area contributed by atoms with Crippen LogP contribution in [0, 0.1) is 0 Å². The van der Waals surface area contributed by atoms with Crippen molar-refractivity contribution in [1.82, 2.24) is 10.6 Å². The Labute approximate surface area is 185 Å². The van der Waals surface area contributed by atoms with Gasteiger partial charge in [0, 0.05) is 37.3 Å². The minimum Gasteiger partial charge on any atom is -0.454 e. The van der Waals surface area contributed by atoms with Gasteiger partial charge in [0.2, 0.25) is 12.7 Å². The Morgan fingerprint density at radius 2 is 1.88 bits per heavy atom. The lowest BCUT2D eigenvalue weighted by molar-refractivity contribution is -0.114. The molecule has 0 atom stereocenters. The second-order valence-corrected chi connectivity index (χ2v) is 6.94. The molecule has 2 aromatic rings. The molecule has 0 aliphatic carbocycles. The summed E-state index contributed by atoms with van der Waals surface area (Å²) < 4.78 is 40.8. The van der Waals surface area contributed by atoms with E-state index in [1.807, 2.05) is 31.2 Å². The van der Waals surface area contributed by atoms with Gasteiger partial charge in [0.25, 0.3) is 0 Å². The summed E-state index contributed by atoms with van der Waals surface area (Å²) in [6.07, 6.45) is 0.731. The Hall–Kier alpha value is -3.56. The Morgan fingerprint density at radius 3 is 2.53 bits per heavy atom. The number of fused-ring (bicyclic) bond motifs is 1. The van der Waals surface area contributed by atoms with E-state index >= 15 is 0 Å². The molecule has 0 aromatic heterocycles. The van der Waals surface area contributed by atoms with Crippen molar-refractivity contribution in [3.8, 4) is 17.2 Å². The number of hydrogen-bond donors (Lipinski definition) is 3. The van der Waals surface area contributed by atoms with E-state index in [0.29, 0.717) is 36.1 Å². The van der Waals surface area contributed by atoms with Crippen LogP contribution in [-0.2, 0) is 17.8 Å². The van der Waals surface area contributed by atoms with Crippen LogP contribution < -0.4 is 30.2 Å². The average molecular weight is 448 g/mol. The topological polar surface area (TPSA) is 93.2 Å². The number of nitrogens with zero attached hydrogens (tertiary/aromatic N) is 1. The molecule has 1 aliphatic heterocycles. The van der Waals surface area contributed by atoms with Crippen molar-refractivity contribution in [3.05, 3.63) is 47.5 Å². The lowest BCUT2D eigenvalue weighted by atomic mass is 10.1. The fourth-order valence-corrected chi connectivity index (χ4v) is 3.08. The summed E-state index contributed by atoms with van der Waals surface area (Å²) in [4.78, 5) is 15.6. The zero-order valence-electron chi connectivity index (χ0n) is 17.9. The highest BCUT2D eigenvalue weighted by atomic mass is 19.3. The van der Waals surface area contributed by atoms with Crippen molar-refractivity contribution >= 4 is 17.6 Å². The van der Waals surface area contributed by atoms with Crippen molar-refractivity contribution in [2.45, 2.75) is 33.4 Å². The van der Waals surface area contributed by atoms with Gasteiger partial charge in [-0.1, -0.05) is 12.1 Å². The monoisotopic (exact) mass is 448 g/mol. The van der Waals surface area contributed by atoms with E-state index in [-0.39, 0.29) is 25.0 Å². The lowest BCUT2D eigenvalue weighted by Crippen LogP contribution is -2.38. The van der Waals surface area contributed by atoms with E-state index < -0.39 is 6.61 Å². The number of anilines is 1. The first-order valence-electron chi connectivity index (χ1n) is 10.2. The van der Waals surface area contributed by atoms with Crippen LogP contribution in [0.2, 0.25) is 0 Å². The molecule has 3 N–H and O–H groups in total. The third-order valence-corrected chi connectivity index (χ3v) is 4.50. The third-order valence-electron chi connectivity index (χ3n) is 4.50. The van der Waals surface area contributed by atoms with E-state index in [2.05, 4.69) is 25.7 Å². The van der Waals surface area contributed by atoms with Gasteiger partial charge in [0.05, 0.1) is 6.54 Å². The SMILES string of the molecule is CCNC(=NCc1cc2c(cc1OC(F)F)OCO2)NCCc1ccc(NC(C)=O)cc1. The van der Waals surface area contributed by atoms with Crippen LogP contribution in [0.25, 0.3) is 0 Å². The number of hydrogen-bond acceptors (Lipinski definition) is 5. The fraction of sp³-hybridized carbons (Fsp3) is 0.364. The normalized spacial score (nSPS) is 12.6. The van der Waals surface area contributed by atoms with Crippen LogP contribution in [-0.4, -0.2) is 38.4 Å². The minimum atomic E-state index is -2.96. The van der Waals surface area contributed by atoms with Crippen molar-refractivity contribution in [1.29, 1.82) is 0 Å². The predicted molar refractivity (Wildman–Crippen MR) is 116 cm³/mol. The molecule has 2 aromatic carbocycles. The van der Waals surface area contributed by atoms with Gasteiger partial charge in [-0.2, -0.15) is 8.78 Å². The number of halogens is 2. The van der Waals surface area contributed by atoms with Crippen LogP contribution in [0.5, 0.6) is 17.2 Å². The molecule has 0 fully saturated rings. The average Bonchev–Trinajstić information content (AvgIpc) is 3.19. The second kappa shape index (κ2) is 11.2. The van der Waals surface area contributed by atoms with Crippen molar-refractivity contribution in [2.75, 3.05) is 25.2 Å². The van der Waals surface area contributed by atoms with E-state index in [0.717, 1.165) is 17.7 Å². The fourth-order valence-electron chi connectivity index (χ4n) is 3.08. The van der Waals surface area contributed by atoms with E-state index in [9.17, 15) is 13.6 Å². The number of guanidine groups is 1. The highest BCUT2D eigenvalue weighted by molar-refractivity contribution is 5.88. The molecule has 0 saturated carbocycles. The number of aliphatic imine (C=N–C) groups is 1. The molecule has 0 radical (unpaired) electrons. The predicted octanol–water partition coefficient (Wildman–Crippen LogP) is 3.27. The van der Waals surface area contributed by atoms with E-state index in [4.69, 9.17) is 9.47 Å². The number of benzene rings is 2. The molecular formula is C22H26F2N4O4. The maximum atomic E-state index is 12.8. The van der Waals surface area contributed by atoms with Crippen LogP contribution >= 0.6 is 0 Å². The molecule has 1 amide bonds. The van der Waals surface area contributed by atoms with Crippen LogP contribution in [0.15, 0.2) is 41.4 Å². The van der Waals surface area contributed by atoms with Crippen molar-refractivity contribution in [3.63, 3.8) is 0 Å². The first-order valence-corrected chi connectivity index (χ1v) is 10.2. The number of ether oxygens (including phenoxy) is 3. The molecule has 3 rings (SSSR count). The molecule has 0 unspecified atom stereocenters. The summed E-state index contributed by atoms with van der Waals surface area (Å²) in [6.45, 7) is 1.83. The van der Waals surface area contributed by atoms with Gasteiger partial charge in [-0.3, -0.25) is 4.79 Å². The summed E-state index contributed by atoms with van der Waals surface area (Å²) in [7, 11) is 0. The second-order valence-electron chi connectivity index (χ2n) is 6.94. The van der Waals surface area contributed by atoms with Crippen LogP contribution in [0.3, 0.4) is 0 Å². The largest absolute Gasteiger partial charge is 0.454 e. The molecule has 0 bridgehead atoms. The van der Waals surface area contributed by atoms with Gasteiger partial charge in [0.1, 0.15) is 5.75 Å². The van der Waals surface area contributed by atoms with Crippen molar-refractivity contribution < 1.29 is 27.8 Å². The summed E-state index contributed by atoms with van der Waals surface area (Å²) in [5.74, 6) is 1.27. The van der Waals surface area contributed by atoms with Crippen LogP contribution in [0.4, 0.5) is 14.5 Å². The Kier molecular flexibility index (Phi) is 8.07. The summed E-state index contributed by atoms with van der Waals surface area (Å²) in [5, 5.41) is 9.08. The molecule has 8 nitrogen and oxygen atoms in total. The number of amides is 1. The maximum Gasteiger partial charge on any atom is 0.387 e. The van der Waals surface area contributed by atoms with Gasteiger partial charge in [-0.15, -0.1) is 0 Å². The zero-order chi connectivity index (χ0) is 22.9. The van der Waals surface area contributed by atoms with Gasteiger partial charge in [-0.25, -0.2) is 4.99 Å². The summed E-state index contributed by atoms with van der Waals surface area (Å²) >= 11 is 0. The van der Waals surface area contributed by atoms with Gasteiger partial charge in [0.15, 0.2) is 17.5 Å². The number of nitrogens with one attached hydrogen (secondary N) is 3. The number of alkyl halides is 2.